The number of aliphatic hydroxyl groups excluding tert-OH is 1. The van der Waals surface area contributed by atoms with Crippen LogP contribution in [0.25, 0.3) is 10.9 Å². The molecule has 0 saturated carbocycles. The highest BCUT2D eigenvalue weighted by atomic mass is 16.3. The first-order valence-corrected chi connectivity index (χ1v) is 9.68. The van der Waals surface area contributed by atoms with E-state index >= 15 is 0 Å². The Morgan fingerprint density at radius 3 is 2.59 bits per heavy atom. The summed E-state index contributed by atoms with van der Waals surface area (Å²) in [6.07, 6.45) is 1.99. The van der Waals surface area contributed by atoms with Crippen molar-refractivity contribution in [3.8, 4) is 0 Å². The maximum atomic E-state index is 13.2. The second kappa shape index (κ2) is 8.42. The average molecular weight is 373 g/mol. The SMILES string of the molecule is CN(C)CCN(C)C[C@@H]1CN(C(=O)c2cccc3c2ccn3C)C[C@@H]1CO. The van der Waals surface area contributed by atoms with Crippen molar-refractivity contribution >= 4 is 16.8 Å². The lowest BCUT2D eigenvalue weighted by molar-refractivity contribution is 0.0781. The second-order valence-corrected chi connectivity index (χ2v) is 8.14. The molecule has 0 aliphatic carbocycles. The van der Waals surface area contributed by atoms with Gasteiger partial charge in [-0.2, -0.15) is 0 Å². The van der Waals surface area contributed by atoms with Crippen LogP contribution in [0.5, 0.6) is 0 Å². The molecule has 2 heterocycles. The van der Waals surface area contributed by atoms with E-state index < -0.39 is 0 Å². The highest BCUT2D eigenvalue weighted by molar-refractivity contribution is 6.06. The lowest BCUT2D eigenvalue weighted by atomic mass is 9.96. The quantitative estimate of drug-likeness (QED) is 0.797. The third-order valence-electron chi connectivity index (χ3n) is 5.73. The number of benzene rings is 1. The lowest BCUT2D eigenvalue weighted by Crippen LogP contribution is -2.35. The van der Waals surface area contributed by atoms with Crippen molar-refractivity contribution in [1.82, 2.24) is 19.3 Å². The first-order chi connectivity index (χ1) is 12.9. The first-order valence-electron chi connectivity index (χ1n) is 9.68. The molecule has 1 amide bonds. The predicted molar refractivity (Wildman–Crippen MR) is 109 cm³/mol. The van der Waals surface area contributed by atoms with Crippen molar-refractivity contribution in [2.45, 2.75) is 0 Å². The molecule has 0 bridgehead atoms. The zero-order valence-corrected chi connectivity index (χ0v) is 16.9. The summed E-state index contributed by atoms with van der Waals surface area (Å²) in [6.45, 7) is 4.36. The average Bonchev–Trinajstić information content (AvgIpc) is 3.23. The Hall–Kier alpha value is -1.89. The molecule has 148 valence electrons. The van der Waals surface area contributed by atoms with E-state index in [0.717, 1.165) is 36.1 Å². The molecule has 0 unspecified atom stereocenters. The predicted octanol–water partition coefficient (Wildman–Crippen LogP) is 1.35. The third kappa shape index (κ3) is 4.34. The molecule has 1 aliphatic rings. The van der Waals surface area contributed by atoms with Gasteiger partial charge in [0.2, 0.25) is 0 Å². The smallest absolute Gasteiger partial charge is 0.254 e. The highest BCUT2D eigenvalue weighted by Crippen LogP contribution is 2.28. The number of carbonyl (C=O) groups is 1. The summed E-state index contributed by atoms with van der Waals surface area (Å²) in [5, 5.41) is 10.8. The molecule has 1 N–H and O–H groups in total. The van der Waals surface area contributed by atoms with Gasteiger partial charge in [0.25, 0.3) is 5.91 Å². The van der Waals surface area contributed by atoms with Gasteiger partial charge in [-0.25, -0.2) is 0 Å². The molecule has 1 aromatic heterocycles. The summed E-state index contributed by atoms with van der Waals surface area (Å²) in [4.78, 5) is 19.6. The van der Waals surface area contributed by atoms with Crippen LogP contribution in [0.3, 0.4) is 0 Å². The Morgan fingerprint density at radius 1 is 1.15 bits per heavy atom. The van der Waals surface area contributed by atoms with Crippen LogP contribution in [0.4, 0.5) is 0 Å². The van der Waals surface area contributed by atoms with Gasteiger partial charge in [-0.1, -0.05) is 6.07 Å². The lowest BCUT2D eigenvalue weighted by Gasteiger charge is -2.25. The highest BCUT2D eigenvalue weighted by Gasteiger charge is 2.36. The minimum absolute atomic E-state index is 0.0729. The van der Waals surface area contributed by atoms with Gasteiger partial charge in [0.05, 0.1) is 0 Å². The van der Waals surface area contributed by atoms with E-state index in [2.05, 4.69) is 30.9 Å². The van der Waals surface area contributed by atoms with Crippen LogP contribution in [-0.4, -0.2) is 90.8 Å². The van der Waals surface area contributed by atoms with E-state index in [-0.39, 0.29) is 18.4 Å². The molecule has 0 spiro atoms. The van der Waals surface area contributed by atoms with Crippen LogP contribution in [0.2, 0.25) is 0 Å². The minimum Gasteiger partial charge on any atom is -0.396 e. The fourth-order valence-electron chi connectivity index (χ4n) is 4.04. The van der Waals surface area contributed by atoms with Crippen LogP contribution in [0.15, 0.2) is 30.5 Å². The number of likely N-dealkylation sites (N-methyl/N-ethyl adjacent to an activating group) is 2. The number of hydrogen-bond acceptors (Lipinski definition) is 4. The molecule has 3 rings (SSSR count). The Labute approximate surface area is 162 Å². The monoisotopic (exact) mass is 372 g/mol. The number of hydrogen-bond donors (Lipinski definition) is 1. The molecule has 2 aromatic rings. The van der Waals surface area contributed by atoms with Gasteiger partial charge in [0.1, 0.15) is 0 Å². The third-order valence-corrected chi connectivity index (χ3v) is 5.73. The number of amides is 1. The number of rotatable bonds is 7. The molecule has 1 fully saturated rings. The Bertz CT molecular complexity index is 786. The number of aromatic nitrogens is 1. The van der Waals surface area contributed by atoms with E-state index in [1.165, 1.54) is 0 Å². The number of aliphatic hydroxyl groups is 1. The van der Waals surface area contributed by atoms with Gasteiger partial charge < -0.3 is 24.4 Å². The van der Waals surface area contributed by atoms with Crippen LogP contribution in [0, 0.1) is 11.8 Å². The molecular formula is C21H32N4O2. The molecule has 1 aromatic carbocycles. The molecule has 6 heteroatoms. The normalized spacial score (nSPS) is 20.3. The topological polar surface area (TPSA) is 52.0 Å². The Balaban J connectivity index is 1.71. The molecule has 1 saturated heterocycles. The van der Waals surface area contributed by atoms with Crippen LogP contribution in [-0.2, 0) is 7.05 Å². The zero-order valence-electron chi connectivity index (χ0n) is 16.9. The van der Waals surface area contributed by atoms with Crippen LogP contribution in [0.1, 0.15) is 10.4 Å². The number of nitrogens with zero attached hydrogens (tertiary/aromatic N) is 4. The van der Waals surface area contributed by atoms with Gasteiger partial charge in [0, 0.05) is 75.0 Å². The van der Waals surface area contributed by atoms with Gasteiger partial charge in [-0.05, 0) is 45.3 Å². The summed E-state index contributed by atoms with van der Waals surface area (Å²) in [7, 11) is 8.26. The summed E-state index contributed by atoms with van der Waals surface area (Å²) in [5.74, 6) is 0.524. The maximum absolute atomic E-state index is 13.2. The van der Waals surface area contributed by atoms with Crippen LogP contribution >= 0.6 is 0 Å². The number of aryl methyl sites for hydroxylation is 1. The van der Waals surface area contributed by atoms with Crippen molar-refractivity contribution in [1.29, 1.82) is 0 Å². The first kappa shape index (κ1) is 19.9. The summed E-state index contributed by atoms with van der Waals surface area (Å²) < 4.78 is 2.04. The van der Waals surface area contributed by atoms with E-state index in [4.69, 9.17) is 0 Å². The fourth-order valence-corrected chi connectivity index (χ4v) is 4.04. The molecule has 6 nitrogen and oxygen atoms in total. The van der Waals surface area contributed by atoms with E-state index in [1.54, 1.807) is 0 Å². The van der Waals surface area contributed by atoms with Gasteiger partial charge in [0.15, 0.2) is 0 Å². The van der Waals surface area contributed by atoms with E-state index in [9.17, 15) is 9.90 Å². The molecule has 1 aliphatic heterocycles. The number of carbonyl (C=O) groups excluding carboxylic acids is 1. The van der Waals surface area contributed by atoms with Crippen LogP contribution < -0.4 is 0 Å². The maximum Gasteiger partial charge on any atom is 0.254 e. The fraction of sp³-hybridized carbons (Fsp3) is 0.571. The van der Waals surface area contributed by atoms with Crippen molar-refractivity contribution < 1.29 is 9.90 Å². The van der Waals surface area contributed by atoms with Crippen molar-refractivity contribution in [2.75, 3.05) is 60.5 Å². The molecule has 27 heavy (non-hydrogen) atoms. The summed E-state index contributed by atoms with van der Waals surface area (Å²) in [5.41, 5.74) is 1.82. The van der Waals surface area contributed by atoms with Crippen molar-refractivity contribution in [2.24, 2.45) is 18.9 Å². The Morgan fingerprint density at radius 2 is 1.89 bits per heavy atom. The molecule has 0 radical (unpaired) electrons. The van der Waals surface area contributed by atoms with Gasteiger partial charge in [-0.3, -0.25) is 4.79 Å². The minimum atomic E-state index is 0.0729. The zero-order chi connectivity index (χ0) is 19.6. The van der Waals surface area contributed by atoms with E-state index in [1.807, 2.05) is 47.0 Å². The summed E-state index contributed by atoms with van der Waals surface area (Å²) in [6, 6.07) is 7.90. The molecular weight excluding hydrogens is 340 g/mol. The van der Waals surface area contributed by atoms with Crippen molar-refractivity contribution in [3.05, 3.63) is 36.0 Å². The standard InChI is InChI=1S/C21H32N4O2/c1-22(2)10-11-23(3)12-16-13-25(14-17(16)15-26)21(27)19-6-5-7-20-18(19)8-9-24(20)4/h5-9,16-17,26H,10-15H2,1-4H3/t16-,17-/m1/s1. The van der Waals surface area contributed by atoms with Gasteiger partial charge >= 0.3 is 0 Å². The molecule has 2 atom stereocenters. The van der Waals surface area contributed by atoms with Gasteiger partial charge in [-0.15, -0.1) is 0 Å². The number of fused-ring (bicyclic) bond motifs is 1. The second-order valence-electron chi connectivity index (χ2n) is 8.14. The van der Waals surface area contributed by atoms with Crippen molar-refractivity contribution in [3.63, 3.8) is 0 Å². The van der Waals surface area contributed by atoms with E-state index in [0.29, 0.717) is 19.0 Å². The summed E-state index contributed by atoms with van der Waals surface area (Å²) >= 11 is 0. The largest absolute Gasteiger partial charge is 0.396 e. The number of likely N-dealkylation sites (tertiary alicyclic amines) is 1. The Kier molecular flexibility index (Phi) is 6.19.